The van der Waals surface area contributed by atoms with E-state index in [1.54, 1.807) is 23.1 Å². The molecule has 0 radical (unpaired) electrons. The maximum atomic E-state index is 13.3. The molecule has 0 aromatic heterocycles. The maximum Gasteiger partial charge on any atom is 0.295 e. The van der Waals surface area contributed by atoms with E-state index in [-0.39, 0.29) is 17.4 Å². The van der Waals surface area contributed by atoms with Gasteiger partial charge in [0, 0.05) is 11.6 Å². The van der Waals surface area contributed by atoms with Crippen molar-refractivity contribution in [2.75, 3.05) is 6.61 Å². The Morgan fingerprint density at radius 2 is 1.84 bits per heavy atom. The molecule has 168 valence electrons. The summed E-state index contributed by atoms with van der Waals surface area (Å²) in [5, 5.41) is 11.7. The zero-order valence-electron chi connectivity index (χ0n) is 18.4. The molecule has 2 fully saturated rings. The number of carbonyl (C=O) groups excluding carboxylic acids is 2. The summed E-state index contributed by atoms with van der Waals surface area (Å²) < 4.78 is 5.56. The number of likely N-dealkylation sites (tertiary alicyclic amines) is 1. The van der Waals surface area contributed by atoms with Gasteiger partial charge in [-0.15, -0.1) is 0 Å². The van der Waals surface area contributed by atoms with Gasteiger partial charge in [-0.1, -0.05) is 55.1 Å². The number of nitrogens with zero attached hydrogens (tertiary/aromatic N) is 1. The summed E-state index contributed by atoms with van der Waals surface area (Å²) in [6, 6.07) is 12.0. The molecule has 5 nitrogen and oxygen atoms in total. The Labute approximate surface area is 193 Å². The highest BCUT2D eigenvalue weighted by Crippen LogP contribution is 2.44. The van der Waals surface area contributed by atoms with Gasteiger partial charge in [0.25, 0.3) is 11.7 Å². The molecule has 1 amide bonds. The fourth-order valence-corrected chi connectivity index (χ4v) is 5.03. The van der Waals surface area contributed by atoms with E-state index in [9.17, 15) is 14.7 Å². The van der Waals surface area contributed by atoms with Gasteiger partial charge in [-0.25, -0.2) is 0 Å². The molecule has 0 bridgehead atoms. The fourth-order valence-electron chi connectivity index (χ4n) is 4.86. The van der Waals surface area contributed by atoms with Crippen molar-refractivity contribution in [1.82, 2.24) is 4.90 Å². The quantitative estimate of drug-likeness (QED) is 0.353. The highest BCUT2D eigenvalue weighted by atomic mass is 35.5. The van der Waals surface area contributed by atoms with Crippen molar-refractivity contribution in [3.8, 4) is 5.75 Å². The third kappa shape index (κ3) is 4.02. The first-order valence-electron chi connectivity index (χ1n) is 11.2. The van der Waals surface area contributed by atoms with Crippen LogP contribution in [0.15, 0.2) is 48.0 Å². The van der Waals surface area contributed by atoms with Crippen molar-refractivity contribution >= 4 is 29.1 Å². The van der Waals surface area contributed by atoms with Gasteiger partial charge in [0.1, 0.15) is 11.5 Å². The number of amides is 1. The number of Topliss-reactive ketones (excluding diaryl/α,β-unsaturated/α-hetero) is 1. The number of rotatable bonds is 5. The topological polar surface area (TPSA) is 66.8 Å². The largest absolute Gasteiger partial charge is 0.507 e. The minimum Gasteiger partial charge on any atom is -0.507 e. The predicted octanol–water partition coefficient (Wildman–Crippen LogP) is 5.80. The van der Waals surface area contributed by atoms with Gasteiger partial charge >= 0.3 is 0 Å². The molecule has 6 heteroatoms. The van der Waals surface area contributed by atoms with E-state index in [1.807, 2.05) is 38.1 Å². The lowest BCUT2D eigenvalue weighted by molar-refractivity contribution is -0.141. The Kier molecular flexibility index (Phi) is 6.56. The Hall–Kier alpha value is -2.79. The lowest BCUT2D eigenvalue weighted by atomic mass is 9.89. The minimum atomic E-state index is -0.644. The van der Waals surface area contributed by atoms with Crippen LogP contribution in [0.25, 0.3) is 5.76 Å². The number of hydrogen-bond donors (Lipinski definition) is 1. The van der Waals surface area contributed by atoms with Crippen LogP contribution in [0.5, 0.6) is 5.75 Å². The van der Waals surface area contributed by atoms with Crippen LogP contribution in [0.2, 0.25) is 5.02 Å². The van der Waals surface area contributed by atoms with E-state index in [4.69, 9.17) is 16.3 Å². The molecular weight excluding hydrogens is 426 g/mol. The van der Waals surface area contributed by atoms with Crippen molar-refractivity contribution in [3.63, 3.8) is 0 Å². The van der Waals surface area contributed by atoms with Crippen molar-refractivity contribution in [1.29, 1.82) is 0 Å². The predicted molar refractivity (Wildman–Crippen MR) is 125 cm³/mol. The van der Waals surface area contributed by atoms with Crippen LogP contribution in [-0.4, -0.2) is 34.3 Å². The van der Waals surface area contributed by atoms with Gasteiger partial charge in [-0.2, -0.15) is 0 Å². The van der Waals surface area contributed by atoms with Crippen LogP contribution >= 0.6 is 11.6 Å². The molecule has 0 spiro atoms. The van der Waals surface area contributed by atoms with Gasteiger partial charge in [-0.3, -0.25) is 9.59 Å². The number of benzene rings is 2. The second kappa shape index (κ2) is 9.37. The van der Waals surface area contributed by atoms with Crippen LogP contribution in [0.4, 0.5) is 0 Å². The van der Waals surface area contributed by atoms with Gasteiger partial charge in [0.2, 0.25) is 0 Å². The highest BCUT2D eigenvalue weighted by Gasteiger charge is 2.49. The van der Waals surface area contributed by atoms with Gasteiger partial charge in [-0.05, 0) is 56.0 Å². The Morgan fingerprint density at radius 3 is 2.53 bits per heavy atom. The summed E-state index contributed by atoms with van der Waals surface area (Å²) in [7, 11) is 0. The van der Waals surface area contributed by atoms with E-state index < -0.39 is 17.7 Å². The molecule has 1 N–H and O–H groups in total. The average Bonchev–Trinajstić information content (AvgIpc) is 3.06. The Morgan fingerprint density at radius 1 is 1.12 bits per heavy atom. The highest BCUT2D eigenvalue weighted by molar-refractivity contribution is 6.46. The number of aliphatic hydroxyl groups is 1. The standard InChI is InChI=1S/C26H28ClNO4/c1-3-32-21-15-17(13-14-20(21)27)24(29)22-23(19-12-8-7-9-16(19)2)28(26(31)25(22)30)18-10-5-4-6-11-18/h7-9,12-15,18,23,29H,3-6,10-11H2,1-2H3/b24-22+. The van der Waals surface area contributed by atoms with Crippen LogP contribution in [0.3, 0.4) is 0 Å². The monoisotopic (exact) mass is 453 g/mol. The van der Waals surface area contributed by atoms with Gasteiger partial charge in [0.15, 0.2) is 0 Å². The van der Waals surface area contributed by atoms with Crippen molar-refractivity contribution in [3.05, 3.63) is 69.8 Å². The first-order chi connectivity index (χ1) is 15.4. The zero-order chi connectivity index (χ0) is 22.8. The summed E-state index contributed by atoms with van der Waals surface area (Å²) >= 11 is 6.21. The maximum absolute atomic E-state index is 13.3. The van der Waals surface area contributed by atoms with Gasteiger partial charge < -0.3 is 14.7 Å². The first-order valence-corrected chi connectivity index (χ1v) is 11.6. The lowest BCUT2D eigenvalue weighted by Gasteiger charge is -2.36. The van der Waals surface area contributed by atoms with Crippen LogP contribution in [0, 0.1) is 6.92 Å². The number of ether oxygens (including phenoxy) is 1. The van der Waals surface area contributed by atoms with Crippen LogP contribution in [-0.2, 0) is 9.59 Å². The van der Waals surface area contributed by atoms with Crippen LogP contribution in [0.1, 0.15) is 61.8 Å². The Balaban J connectivity index is 1.88. The molecular formula is C26H28ClNO4. The second-order valence-electron chi connectivity index (χ2n) is 8.43. The van der Waals surface area contributed by atoms with E-state index in [2.05, 4.69) is 0 Å². The van der Waals surface area contributed by atoms with Gasteiger partial charge in [0.05, 0.1) is 23.2 Å². The molecule has 1 saturated carbocycles. The molecule has 1 heterocycles. The van der Waals surface area contributed by atoms with Crippen molar-refractivity contribution in [2.45, 2.75) is 58.0 Å². The van der Waals surface area contributed by atoms with Crippen molar-refractivity contribution < 1.29 is 19.4 Å². The first kappa shape index (κ1) is 22.4. The smallest absolute Gasteiger partial charge is 0.295 e. The normalized spacial score (nSPS) is 21.2. The molecule has 1 saturated heterocycles. The molecule has 1 aliphatic carbocycles. The average molecular weight is 454 g/mol. The minimum absolute atomic E-state index is 0.0145. The summed E-state index contributed by atoms with van der Waals surface area (Å²) in [5.74, 6) is -0.959. The molecule has 1 aliphatic heterocycles. The number of aliphatic hydroxyl groups excluding tert-OH is 1. The molecule has 1 unspecified atom stereocenters. The third-order valence-electron chi connectivity index (χ3n) is 6.44. The van der Waals surface area contributed by atoms with E-state index >= 15 is 0 Å². The van der Waals surface area contributed by atoms with E-state index in [0.29, 0.717) is 22.9 Å². The van der Waals surface area contributed by atoms with E-state index in [0.717, 1.165) is 43.2 Å². The van der Waals surface area contributed by atoms with E-state index in [1.165, 1.54) is 0 Å². The molecule has 1 atom stereocenters. The molecule has 2 aromatic rings. The molecule has 2 aromatic carbocycles. The number of hydrogen-bond acceptors (Lipinski definition) is 4. The summed E-state index contributed by atoms with van der Waals surface area (Å²) in [6.07, 6.45) is 4.93. The summed E-state index contributed by atoms with van der Waals surface area (Å²) in [4.78, 5) is 28.3. The number of halogens is 1. The number of ketones is 1. The van der Waals surface area contributed by atoms with Crippen molar-refractivity contribution in [2.24, 2.45) is 0 Å². The SMILES string of the molecule is CCOc1cc(/C(O)=C2\C(=O)C(=O)N(C3CCCCC3)C2c2ccccc2C)ccc1Cl. The molecule has 2 aliphatic rings. The number of carbonyl (C=O) groups is 2. The fraction of sp³-hybridized carbons (Fsp3) is 0.385. The van der Waals surface area contributed by atoms with Crippen LogP contribution < -0.4 is 4.74 Å². The number of aryl methyl sites for hydroxylation is 1. The molecule has 4 rings (SSSR count). The molecule has 32 heavy (non-hydrogen) atoms. The second-order valence-corrected chi connectivity index (χ2v) is 8.84. The summed E-state index contributed by atoms with van der Waals surface area (Å²) in [5.41, 5.74) is 2.35. The lowest BCUT2D eigenvalue weighted by Crippen LogP contribution is -2.40. The third-order valence-corrected chi connectivity index (χ3v) is 6.75. The zero-order valence-corrected chi connectivity index (χ0v) is 19.2. The Bertz CT molecular complexity index is 1070. The summed E-state index contributed by atoms with van der Waals surface area (Å²) in [6.45, 7) is 4.22.